The van der Waals surface area contributed by atoms with Gasteiger partial charge in [0.05, 0.1) is 13.2 Å². The van der Waals surface area contributed by atoms with Crippen molar-refractivity contribution in [1.82, 2.24) is 4.90 Å². The van der Waals surface area contributed by atoms with Crippen LogP contribution in [0.3, 0.4) is 0 Å². The fourth-order valence-corrected chi connectivity index (χ4v) is 2.58. The van der Waals surface area contributed by atoms with Gasteiger partial charge in [0.15, 0.2) is 0 Å². The summed E-state index contributed by atoms with van der Waals surface area (Å²) < 4.78 is 10.4. The van der Waals surface area contributed by atoms with Gasteiger partial charge in [-0.1, -0.05) is 0 Å². The molecule has 0 bridgehead atoms. The molecule has 0 aliphatic carbocycles. The quantitative estimate of drug-likeness (QED) is 0.906. The van der Waals surface area contributed by atoms with Crippen molar-refractivity contribution in [3.05, 3.63) is 24.3 Å². The second kappa shape index (κ2) is 8.41. The molecule has 6 nitrogen and oxygen atoms in total. The Morgan fingerprint density at radius 2 is 1.78 bits per heavy atom. The molecule has 1 N–H and O–H groups in total. The zero-order valence-electron chi connectivity index (χ0n) is 13.7. The van der Waals surface area contributed by atoms with Crippen LogP contribution in [0, 0.1) is 5.92 Å². The molecule has 1 saturated heterocycles. The molecule has 2 amide bonds. The van der Waals surface area contributed by atoms with Crippen molar-refractivity contribution in [3.8, 4) is 5.75 Å². The Morgan fingerprint density at radius 1 is 1.13 bits per heavy atom. The molecule has 0 atom stereocenters. The summed E-state index contributed by atoms with van der Waals surface area (Å²) in [5.74, 6) is 0.707. The summed E-state index contributed by atoms with van der Waals surface area (Å²) >= 11 is 0. The maximum atomic E-state index is 12.3. The molecule has 0 unspecified atom stereocenters. The highest BCUT2D eigenvalue weighted by atomic mass is 16.6. The Balaban J connectivity index is 1.81. The van der Waals surface area contributed by atoms with E-state index in [1.807, 2.05) is 31.2 Å². The summed E-state index contributed by atoms with van der Waals surface area (Å²) in [6.45, 7) is 5.81. The number of anilines is 1. The van der Waals surface area contributed by atoms with E-state index in [1.54, 1.807) is 11.8 Å². The Kier molecular flexibility index (Phi) is 6.26. The van der Waals surface area contributed by atoms with Crippen molar-refractivity contribution in [2.45, 2.75) is 26.7 Å². The van der Waals surface area contributed by atoms with Gasteiger partial charge >= 0.3 is 6.09 Å². The summed E-state index contributed by atoms with van der Waals surface area (Å²) in [6, 6.07) is 7.33. The van der Waals surface area contributed by atoms with Crippen LogP contribution in [0.15, 0.2) is 24.3 Å². The van der Waals surface area contributed by atoms with Crippen molar-refractivity contribution in [2.75, 3.05) is 31.6 Å². The van der Waals surface area contributed by atoms with Crippen molar-refractivity contribution >= 4 is 17.7 Å². The number of carbonyl (C=O) groups is 2. The Morgan fingerprint density at radius 3 is 2.35 bits per heavy atom. The molecule has 0 saturated carbocycles. The zero-order chi connectivity index (χ0) is 16.7. The zero-order valence-corrected chi connectivity index (χ0v) is 13.7. The summed E-state index contributed by atoms with van der Waals surface area (Å²) in [6.07, 6.45) is 1.02. The lowest BCUT2D eigenvalue weighted by atomic mass is 9.96. The Labute approximate surface area is 136 Å². The van der Waals surface area contributed by atoms with Crippen molar-refractivity contribution in [2.24, 2.45) is 5.92 Å². The number of piperidine rings is 1. The second-order valence-corrected chi connectivity index (χ2v) is 5.41. The topological polar surface area (TPSA) is 67.9 Å². The minimum atomic E-state index is -0.294. The largest absolute Gasteiger partial charge is 0.494 e. The van der Waals surface area contributed by atoms with Gasteiger partial charge in [-0.15, -0.1) is 0 Å². The molecule has 1 heterocycles. The first-order valence-electron chi connectivity index (χ1n) is 8.09. The molecule has 1 aromatic rings. The SMILES string of the molecule is CCOC(=O)N1CCC(C(=O)Nc2ccc(OCC)cc2)CC1. The van der Waals surface area contributed by atoms with Gasteiger partial charge in [0.2, 0.25) is 5.91 Å². The van der Waals surface area contributed by atoms with Gasteiger partial charge < -0.3 is 19.7 Å². The van der Waals surface area contributed by atoms with Gasteiger partial charge in [-0.05, 0) is 51.0 Å². The highest BCUT2D eigenvalue weighted by molar-refractivity contribution is 5.92. The van der Waals surface area contributed by atoms with Crippen LogP contribution in [0.4, 0.5) is 10.5 Å². The average molecular weight is 320 g/mol. The van der Waals surface area contributed by atoms with E-state index in [0.29, 0.717) is 39.1 Å². The molecule has 1 aliphatic heterocycles. The Hall–Kier alpha value is -2.24. The minimum Gasteiger partial charge on any atom is -0.494 e. The molecule has 2 rings (SSSR count). The van der Waals surface area contributed by atoms with Crippen LogP contribution in [0.2, 0.25) is 0 Å². The predicted molar refractivity (Wildman–Crippen MR) is 87.6 cm³/mol. The first kappa shape index (κ1) is 17.1. The molecule has 126 valence electrons. The normalized spacial score (nSPS) is 15.1. The van der Waals surface area contributed by atoms with E-state index in [0.717, 1.165) is 11.4 Å². The maximum absolute atomic E-state index is 12.3. The second-order valence-electron chi connectivity index (χ2n) is 5.41. The highest BCUT2D eigenvalue weighted by Crippen LogP contribution is 2.21. The van der Waals surface area contributed by atoms with E-state index >= 15 is 0 Å². The molecule has 6 heteroatoms. The number of nitrogens with zero attached hydrogens (tertiary/aromatic N) is 1. The summed E-state index contributed by atoms with van der Waals surface area (Å²) in [4.78, 5) is 25.6. The van der Waals surface area contributed by atoms with Crippen LogP contribution in [0.1, 0.15) is 26.7 Å². The van der Waals surface area contributed by atoms with Crippen LogP contribution in [0.5, 0.6) is 5.75 Å². The number of amides is 2. The predicted octanol–water partition coefficient (Wildman–Crippen LogP) is 2.89. The molecule has 0 spiro atoms. The number of carbonyl (C=O) groups excluding carboxylic acids is 2. The average Bonchev–Trinajstić information content (AvgIpc) is 2.57. The van der Waals surface area contributed by atoms with E-state index in [4.69, 9.17) is 9.47 Å². The molecule has 1 fully saturated rings. The number of benzene rings is 1. The number of hydrogen-bond donors (Lipinski definition) is 1. The van der Waals surface area contributed by atoms with E-state index in [9.17, 15) is 9.59 Å². The lowest BCUT2D eigenvalue weighted by molar-refractivity contribution is -0.121. The van der Waals surface area contributed by atoms with Gasteiger partial charge in [-0.3, -0.25) is 4.79 Å². The van der Waals surface area contributed by atoms with E-state index in [2.05, 4.69) is 5.32 Å². The number of rotatable bonds is 5. The first-order chi connectivity index (χ1) is 11.1. The standard InChI is InChI=1S/C17H24N2O4/c1-3-22-15-7-5-14(6-8-15)18-16(20)13-9-11-19(12-10-13)17(21)23-4-2/h5-8,13H,3-4,9-12H2,1-2H3,(H,18,20). The third kappa shape index (κ3) is 4.87. The van der Waals surface area contributed by atoms with Crippen LogP contribution in [0.25, 0.3) is 0 Å². The highest BCUT2D eigenvalue weighted by Gasteiger charge is 2.27. The molecule has 0 radical (unpaired) electrons. The van der Waals surface area contributed by atoms with Crippen LogP contribution in [-0.2, 0) is 9.53 Å². The van der Waals surface area contributed by atoms with Crippen molar-refractivity contribution in [3.63, 3.8) is 0 Å². The molecular formula is C17H24N2O4. The third-order valence-corrected chi connectivity index (χ3v) is 3.82. The van der Waals surface area contributed by atoms with Crippen molar-refractivity contribution in [1.29, 1.82) is 0 Å². The molecule has 0 aromatic heterocycles. The van der Waals surface area contributed by atoms with Crippen molar-refractivity contribution < 1.29 is 19.1 Å². The molecule has 1 aromatic carbocycles. The fourth-order valence-electron chi connectivity index (χ4n) is 2.58. The monoisotopic (exact) mass is 320 g/mol. The number of ether oxygens (including phenoxy) is 2. The summed E-state index contributed by atoms with van der Waals surface area (Å²) in [7, 11) is 0. The lowest BCUT2D eigenvalue weighted by Gasteiger charge is -2.30. The van der Waals surface area contributed by atoms with Gasteiger partial charge in [0.1, 0.15) is 5.75 Å². The van der Waals surface area contributed by atoms with Gasteiger partial charge in [-0.25, -0.2) is 4.79 Å². The van der Waals surface area contributed by atoms with E-state index < -0.39 is 0 Å². The van der Waals surface area contributed by atoms with Crippen LogP contribution in [-0.4, -0.2) is 43.2 Å². The first-order valence-corrected chi connectivity index (χ1v) is 8.09. The minimum absolute atomic E-state index is 0.00216. The van der Waals surface area contributed by atoms with E-state index in [-0.39, 0.29) is 17.9 Å². The van der Waals surface area contributed by atoms with Gasteiger partial charge in [0, 0.05) is 24.7 Å². The maximum Gasteiger partial charge on any atom is 0.409 e. The molecule has 1 aliphatic rings. The molecular weight excluding hydrogens is 296 g/mol. The fraction of sp³-hybridized carbons (Fsp3) is 0.529. The third-order valence-electron chi connectivity index (χ3n) is 3.82. The number of nitrogens with one attached hydrogen (secondary N) is 1. The number of hydrogen-bond acceptors (Lipinski definition) is 4. The van der Waals surface area contributed by atoms with E-state index in [1.165, 1.54) is 0 Å². The van der Waals surface area contributed by atoms with Gasteiger partial charge in [0.25, 0.3) is 0 Å². The van der Waals surface area contributed by atoms with Crippen LogP contribution >= 0.6 is 0 Å². The number of likely N-dealkylation sites (tertiary alicyclic amines) is 1. The lowest BCUT2D eigenvalue weighted by Crippen LogP contribution is -2.41. The van der Waals surface area contributed by atoms with Gasteiger partial charge in [-0.2, -0.15) is 0 Å². The van der Waals surface area contributed by atoms with Crippen LogP contribution < -0.4 is 10.1 Å². The summed E-state index contributed by atoms with van der Waals surface area (Å²) in [5.41, 5.74) is 0.756. The summed E-state index contributed by atoms with van der Waals surface area (Å²) in [5, 5.41) is 2.92. The Bertz CT molecular complexity index is 522. The smallest absolute Gasteiger partial charge is 0.409 e. The molecule has 23 heavy (non-hydrogen) atoms.